The molecule has 0 spiro atoms. The van der Waals surface area contributed by atoms with Gasteiger partial charge >= 0.3 is 0 Å². The Hall–Kier alpha value is -9.68. The highest BCUT2D eigenvalue weighted by Crippen LogP contribution is 2.50. The topological polar surface area (TPSA) is 242 Å². The molecule has 0 fully saturated rings. The fourth-order valence-corrected chi connectivity index (χ4v) is 15.2. The van der Waals surface area contributed by atoms with Gasteiger partial charge in [0.1, 0.15) is 35.3 Å². The van der Waals surface area contributed by atoms with E-state index in [1.165, 1.54) is 0 Å². The van der Waals surface area contributed by atoms with Crippen molar-refractivity contribution in [1.82, 2.24) is 35.1 Å². The lowest BCUT2D eigenvalue weighted by molar-refractivity contribution is -0.438. The smallest absolute Gasteiger partial charge is 0.264 e. The third-order valence-electron chi connectivity index (χ3n) is 19.4. The van der Waals surface area contributed by atoms with E-state index in [1.807, 2.05) is 146 Å². The Bertz CT molecular complexity index is 4500. The Morgan fingerprint density at radius 1 is 0.600 bits per heavy atom. The molecular weight excluding hydrogens is 1360 g/mol. The lowest BCUT2D eigenvalue weighted by Crippen LogP contribution is -2.28. The molecule has 22 heteroatoms. The first-order chi connectivity index (χ1) is 50.6. The summed E-state index contributed by atoms with van der Waals surface area (Å²) in [7, 11) is -5.24. The minimum Gasteiger partial charge on any atom is -0.748 e. The zero-order valence-electron chi connectivity index (χ0n) is 60.8. The van der Waals surface area contributed by atoms with Crippen molar-refractivity contribution in [2.75, 3.05) is 56.9 Å². The molecule has 1 aliphatic carbocycles. The van der Waals surface area contributed by atoms with Crippen molar-refractivity contribution in [2.45, 2.75) is 136 Å². The molecular formula is C83H95N9O11S2. The van der Waals surface area contributed by atoms with Crippen molar-refractivity contribution >= 4 is 43.2 Å². The van der Waals surface area contributed by atoms with Gasteiger partial charge in [-0.2, -0.15) is 13.0 Å². The van der Waals surface area contributed by atoms with Crippen molar-refractivity contribution in [2.24, 2.45) is 0 Å². The number of anilines is 1. The fraction of sp³-hybridized carbons (Fsp3) is 0.349. The molecule has 3 aliphatic rings. The molecule has 8 aromatic rings. The van der Waals surface area contributed by atoms with Gasteiger partial charge in [0.05, 0.1) is 64.9 Å². The first-order valence-electron chi connectivity index (χ1n) is 36.0. The fourth-order valence-electron chi connectivity index (χ4n) is 14.1. The van der Waals surface area contributed by atoms with Crippen LogP contribution in [0.25, 0.3) is 0 Å². The predicted octanol–water partition coefficient (Wildman–Crippen LogP) is 14.3. The molecule has 1 amide bonds. The third-order valence-corrected chi connectivity index (χ3v) is 21.0. The molecule has 0 bridgehead atoms. The maximum absolute atomic E-state index is 13.9. The summed E-state index contributed by atoms with van der Waals surface area (Å²) < 4.78 is 95.6. The van der Waals surface area contributed by atoms with E-state index in [1.54, 1.807) is 26.4 Å². The lowest BCUT2D eigenvalue weighted by Gasteiger charge is -2.27. The van der Waals surface area contributed by atoms with E-state index in [2.05, 4.69) is 115 Å². The second-order valence-electron chi connectivity index (χ2n) is 27.9. The Morgan fingerprint density at radius 3 is 1.71 bits per heavy atom. The van der Waals surface area contributed by atoms with Crippen molar-refractivity contribution < 1.29 is 54.3 Å². The number of methoxy groups -OCH3 is 2. The molecule has 105 heavy (non-hydrogen) atoms. The number of unbranched alkanes of at least 4 members (excludes halogenated alkanes) is 3. The van der Waals surface area contributed by atoms with E-state index >= 15 is 0 Å². The SMILES string of the molecule is COc1ccc2c(c1)C(C)(C)C(/C=C/C1=C(Oc3ccc(C(=O)NCCCCOc4cc(CN(Cc5ccccn5)Cc5ccccn5)cc(CN(Cc5ccccn5)Cc5ccccn5)c4)cc3)C(=C/C=C3/N(CCCCS(=O)(=O)[O-])c4ccc(OC)cc4C3(C)C)/CCC1)=[N+]2CCCCS(=O)(=O)O. The van der Waals surface area contributed by atoms with E-state index in [0.29, 0.717) is 127 Å². The van der Waals surface area contributed by atoms with Crippen LogP contribution in [0.3, 0.4) is 0 Å². The number of amides is 1. The Morgan fingerprint density at radius 2 is 1.16 bits per heavy atom. The molecule has 550 valence electrons. The summed E-state index contributed by atoms with van der Waals surface area (Å²) in [6.07, 6.45) is 20.8. The van der Waals surface area contributed by atoms with Crippen molar-refractivity contribution in [3.8, 4) is 23.0 Å². The highest BCUT2D eigenvalue weighted by Gasteiger charge is 2.45. The number of aromatic nitrogens is 4. The maximum atomic E-state index is 13.9. The molecule has 0 saturated carbocycles. The maximum Gasteiger partial charge on any atom is 0.264 e. The van der Waals surface area contributed by atoms with Gasteiger partial charge in [-0.15, -0.1) is 0 Å². The number of carbonyl (C=O) groups is 1. The van der Waals surface area contributed by atoms with Crippen molar-refractivity contribution in [3.63, 3.8) is 0 Å². The minimum absolute atomic E-state index is 0.219. The normalized spacial score (nSPS) is 15.7. The molecule has 4 aromatic carbocycles. The molecule has 0 saturated heterocycles. The number of pyridine rings is 4. The molecule has 11 rings (SSSR count). The Kier molecular flexibility index (Phi) is 25.8. The van der Waals surface area contributed by atoms with Crippen LogP contribution in [0, 0.1) is 0 Å². The van der Waals surface area contributed by atoms with Crippen LogP contribution in [-0.2, 0) is 70.3 Å². The molecule has 0 unspecified atom stereocenters. The molecule has 4 aromatic heterocycles. The van der Waals surface area contributed by atoms with Gasteiger partial charge in [0.15, 0.2) is 5.71 Å². The monoisotopic (exact) mass is 1460 g/mol. The summed E-state index contributed by atoms with van der Waals surface area (Å²) in [4.78, 5) is 39.5. The van der Waals surface area contributed by atoms with Crippen LogP contribution in [0.1, 0.15) is 141 Å². The molecule has 0 atom stereocenters. The van der Waals surface area contributed by atoms with E-state index < -0.39 is 36.8 Å². The third kappa shape index (κ3) is 21.1. The summed E-state index contributed by atoms with van der Waals surface area (Å²) in [5, 5.41) is 3.13. The quantitative estimate of drug-likeness (QED) is 0.0211. The van der Waals surface area contributed by atoms with Crippen molar-refractivity contribution in [1.29, 1.82) is 0 Å². The number of rotatable bonds is 36. The number of benzene rings is 4. The molecule has 20 nitrogen and oxygen atoms in total. The van der Waals surface area contributed by atoms with Gasteiger partial charge in [0, 0.05) is 129 Å². The number of carbonyl (C=O) groups excluding carboxylic acids is 1. The van der Waals surface area contributed by atoms with Crippen LogP contribution in [-0.4, -0.2) is 124 Å². The average Bonchev–Trinajstić information content (AvgIpc) is 1.59. The first-order valence-corrected chi connectivity index (χ1v) is 39.1. The first kappa shape index (κ1) is 76.4. The standard InChI is InChI=1S/C83H95N9O11S2/c1-82(2)74-53-71(100-5)34-36-76(74)91(45-16-19-48-104(94,95)96)78(82)38-30-63-22-21-23-64(31-39-79-83(3,4)75-54-72(101-6)35-37-77(75)92(79)46-17-20-49-105(97,98)99)80(63)103-70-32-28-65(29-33-70)81(93)88-44-15-18-47-102-73-51-61(55-89(57-66-24-7-11-40-84-66)58-67-25-8-12-41-85-67)50-62(52-73)56-90(59-68-26-9-13-42-86-68)60-69-27-10-14-43-87-69/h7-14,24-43,50-54H,15-23,44-49,55-60H2,1-6H3,(H2-,88,93,94,95,96,97,98,99). The number of fused-ring (bicyclic) bond motifs is 2. The zero-order valence-corrected chi connectivity index (χ0v) is 62.5. The number of nitrogens with zero attached hydrogens (tertiary/aromatic N) is 8. The van der Waals surface area contributed by atoms with Crippen LogP contribution in [0.4, 0.5) is 11.4 Å². The minimum atomic E-state index is -4.39. The number of hydrogen-bond donors (Lipinski definition) is 2. The molecule has 2 N–H and O–H groups in total. The second kappa shape index (κ2) is 35.4. The van der Waals surface area contributed by atoms with E-state index in [-0.39, 0.29) is 24.5 Å². The summed E-state index contributed by atoms with van der Waals surface area (Å²) in [6, 6.07) is 49.6. The van der Waals surface area contributed by atoms with Crippen LogP contribution in [0.15, 0.2) is 223 Å². The van der Waals surface area contributed by atoms with Crippen LogP contribution in [0.2, 0.25) is 0 Å². The number of hydrogen-bond acceptors (Lipinski definition) is 17. The summed E-state index contributed by atoms with van der Waals surface area (Å²) in [5.74, 6) is 2.39. The predicted molar refractivity (Wildman–Crippen MR) is 408 cm³/mol. The van der Waals surface area contributed by atoms with Crippen LogP contribution >= 0.6 is 0 Å². The number of allylic oxidation sites excluding steroid dienone is 7. The van der Waals surface area contributed by atoms with Gasteiger partial charge in [-0.25, -0.2) is 8.42 Å². The molecule has 0 radical (unpaired) electrons. The Labute approximate surface area is 618 Å². The number of ether oxygens (including phenoxy) is 4. The summed E-state index contributed by atoms with van der Waals surface area (Å²) in [5.41, 5.74) is 13.4. The highest BCUT2D eigenvalue weighted by molar-refractivity contribution is 7.85. The van der Waals surface area contributed by atoms with E-state index in [0.717, 1.165) is 96.9 Å². The molecule has 6 heterocycles. The van der Waals surface area contributed by atoms with Gasteiger partial charge in [-0.1, -0.05) is 50.3 Å². The summed E-state index contributed by atoms with van der Waals surface area (Å²) in [6.45, 7) is 14.2. The van der Waals surface area contributed by atoms with E-state index in [4.69, 9.17) is 18.9 Å². The highest BCUT2D eigenvalue weighted by atomic mass is 32.2. The van der Waals surface area contributed by atoms with Gasteiger partial charge in [-0.05, 0) is 220 Å². The van der Waals surface area contributed by atoms with Gasteiger partial charge < -0.3 is 33.7 Å². The van der Waals surface area contributed by atoms with Gasteiger partial charge in [-0.3, -0.25) is 39.1 Å². The van der Waals surface area contributed by atoms with Gasteiger partial charge in [0.25, 0.3) is 16.0 Å². The van der Waals surface area contributed by atoms with E-state index in [9.17, 15) is 30.7 Å². The average molecular weight is 1460 g/mol. The Balaban J connectivity index is 0.820. The largest absolute Gasteiger partial charge is 0.748 e. The lowest BCUT2D eigenvalue weighted by atomic mass is 9.81. The number of nitrogens with one attached hydrogen (secondary N) is 1. The van der Waals surface area contributed by atoms with Crippen LogP contribution in [0.5, 0.6) is 23.0 Å². The zero-order chi connectivity index (χ0) is 74.0. The second-order valence-corrected chi connectivity index (χ2v) is 31.0. The van der Waals surface area contributed by atoms with Crippen molar-refractivity contribution in [3.05, 3.63) is 274 Å². The van der Waals surface area contributed by atoms with Gasteiger partial charge in [0.2, 0.25) is 5.69 Å². The summed E-state index contributed by atoms with van der Waals surface area (Å²) >= 11 is 0. The van der Waals surface area contributed by atoms with Crippen LogP contribution < -0.4 is 29.2 Å². The molecule has 2 aliphatic heterocycles.